The van der Waals surface area contributed by atoms with Gasteiger partial charge in [0.05, 0.1) is 11.1 Å². The first kappa shape index (κ1) is 14.2. The van der Waals surface area contributed by atoms with Crippen LogP contribution in [0.2, 0.25) is 0 Å². The highest BCUT2D eigenvalue weighted by Crippen LogP contribution is 2.61. The molecule has 114 valence electrons. The molecule has 2 aliphatic rings. The van der Waals surface area contributed by atoms with Crippen LogP contribution in [0.15, 0.2) is 18.2 Å². The molecule has 0 unspecified atom stereocenters. The Morgan fingerprint density at radius 2 is 2.00 bits per heavy atom. The Labute approximate surface area is 120 Å². The molecule has 6 heteroatoms. The highest BCUT2D eigenvalue weighted by molar-refractivity contribution is 5.94. The molecular formula is C15H16F3NO2. The summed E-state index contributed by atoms with van der Waals surface area (Å²) in [6.07, 6.45) is 0.122. The average Bonchev–Trinajstić information content (AvgIpc) is 3.25. The van der Waals surface area contributed by atoms with E-state index in [2.05, 4.69) is 5.32 Å². The predicted molar refractivity (Wildman–Crippen MR) is 71.3 cm³/mol. The Morgan fingerprint density at radius 1 is 1.33 bits per heavy atom. The van der Waals surface area contributed by atoms with Gasteiger partial charge in [0.1, 0.15) is 0 Å². The topological polar surface area (TPSA) is 49.3 Å². The van der Waals surface area contributed by atoms with Crippen LogP contribution in [0.3, 0.4) is 0 Å². The SMILES string of the molecule is O=C(O)c1cc(C(F)(F)F)ccc1NCC1(C2CC2)CC1. The van der Waals surface area contributed by atoms with Gasteiger partial charge in [-0.3, -0.25) is 0 Å². The summed E-state index contributed by atoms with van der Waals surface area (Å²) in [5.74, 6) is -0.646. The molecule has 0 aromatic heterocycles. The lowest BCUT2D eigenvalue weighted by atomic mass is 10.00. The summed E-state index contributed by atoms with van der Waals surface area (Å²) < 4.78 is 37.9. The van der Waals surface area contributed by atoms with Crippen molar-refractivity contribution in [2.75, 3.05) is 11.9 Å². The Balaban J connectivity index is 1.79. The van der Waals surface area contributed by atoms with E-state index in [0.29, 0.717) is 18.5 Å². The first-order valence-electron chi connectivity index (χ1n) is 7.00. The van der Waals surface area contributed by atoms with Gasteiger partial charge < -0.3 is 10.4 Å². The fourth-order valence-corrected chi connectivity index (χ4v) is 2.91. The third-order valence-electron chi connectivity index (χ3n) is 4.54. The van der Waals surface area contributed by atoms with E-state index in [9.17, 15) is 18.0 Å². The van der Waals surface area contributed by atoms with E-state index in [-0.39, 0.29) is 16.7 Å². The molecule has 0 spiro atoms. The van der Waals surface area contributed by atoms with Crippen molar-refractivity contribution >= 4 is 11.7 Å². The van der Waals surface area contributed by atoms with E-state index in [1.54, 1.807) is 0 Å². The predicted octanol–water partition coefficient (Wildman–Crippen LogP) is 4.01. The number of rotatable bonds is 5. The van der Waals surface area contributed by atoms with Crippen LogP contribution in [0.25, 0.3) is 0 Å². The van der Waals surface area contributed by atoms with Crippen molar-refractivity contribution in [3.63, 3.8) is 0 Å². The molecule has 2 fully saturated rings. The summed E-state index contributed by atoms with van der Waals surface area (Å²) in [5, 5.41) is 12.2. The maximum Gasteiger partial charge on any atom is 0.416 e. The van der Waals surface area contributed by atoms with Crippen molar-refractivity contribution in [3.8, 4) is 0 Å². The van der Waals surface area contributed by atoms with Crippen molar-refractivity contribution in [3.05, 3.63) is 29.3 Å². The molecule has 0 amide bonds. The van der Waals surface area contributed by atoms with E-state index in [0.717, 1.165) is 18.9 Å². The van der Waals surface area contributed by atoms with E-state index in [1.807, 2.05) is 0 Å². The highest BCUT2D eigenvalue weighted by Gasteiger charge is 2.53. The molecular weight excluding hydrogens is 283 g/mol. The smallest absolute Gasteiger partial charge is 0.416 e. The van der Waals surface area contributed by atoms with E-state index >= 15 is 0 Å². The second kappa shape index (κ2) is 4.64. The number of benzene rings is 1. The van der Waals surface area contributed by atoms with Crippen LogP contribution < -0.4 is 5.32 Å². The molecule has 0 heterocycles. The minimum atomic E-state index is -4.53. The largest absolute Gasteiger partial charge is 0.478 e. The van der Waals surface area contributed by atoms with E-state index in [1.165, 1.54) is 18.9 Å². The molecule has 3 nitrogen and oxygen atoms in total. The van der Waals surface area contributed by atoms with Gasteiger partial charge in [0, 0.05) is 12.2 Å². The number of hydrogen-bond acceptors (Lipinski definition) is 2. The first-order valence-corrected chi connectivity index (χ1v) is 7.00. The van der Waals surface area contributed by atoms with Gasteiger partial charge in [-0.25, -0.2) is 4.79 Å². The van der Waals surface area contributed by atoms with Gasteiger partial charge >= 0.3 is 12.1 Å². The molecule has 21 heavy (non-hydrogen) atoms. The van der Waals surface area contributed by atoms with Crippen molar-refractivity contribution in [1.29, 1.82) is 0 Å². The molecule has 0 radical (unpaired) electrons. The van der Waals surface area contributed by atoms with Gasteiger partial charge in [-0.2, -0.15) is 13.2 Å². The summed E-state index contributed by atoms with van der Waals surface area (Å²) >= 11 is 0. The van der Waals surface area contributed by atoms with Crippen molar-refractivity contribution in [2.45, 2.75) is 31.9 Å². The molecule has 1 aromatic rings. The van der Waals surface area contributed by atoms with Gasteiger partial charge in [-0.1, -0.05) is 0 Å². The Morgan fingerprint density at radius 3 is 2.48 bits per heavy atom. The van der Waals surface area contributed by atoms with Gasteiger partial charge in [0.25, 0.3) is 0 Å². The normalized spacial score (nSPS) is 20.1. The maximum absolute atomic E-state index is 12.6. The molecule has 3 rings (SSSR count). The van der Waals surface area contributed by atoms with Crippen LogP contribution in [-0.2, 0) is 6.18 Å². The summed E-state index contributed by atoms with van der Waals surface area (Å²) in [4.78, 5) is 11.2. The lowest BCUT2D eigenvalue weighted by Gasteiger charge is -2.18. The van der Waals surface area contributed by atoms with Crippen LogP contribution in [0.1, 0.15) is 41.6 Å². The second-order valence-corrected chi connectivity index (χ2v) is 6.05. The van der Waals surface area contributed by atoms with Crippen LogP contribution in [0, 0.1) is 11.3 Å². The van der Waals surface area contributed by atoms with Crippen molar-refractivity contribution in [2.24, 2.45) is 11.3 Å². The molecule has 2 N–H and O–H groups in total. The zero-order chi connectivity index (χ0) is 15.3. The third kappa shape index (κ3) is 2.84. The highest BCUT2D eigenvalue weighted by atomic mass is 19.4. The minimum Gasteiger partial charge on any atom is -0.478 e. The van der Waals surface area contributed by atoms with Gasteiger partial charge in [-0.15, -0.1) is 0 Å². The number of alkyl halides is 3. The van der Waals surface area contributed by atoms with Crippen LogP contribution in [-0.4, -0.2) is 17.6 Å². The van der Waals surface area contributed by atoms with E-state index < -0.39 is 17.7 Å². The minimum absolute atomic E-state index is 0.248. The molecule has 0 bridgehead atoms. The molecule has 1 aromatic carbocycles. The van der Waals surface area contributed by atoms with Crippen molar-refractivity contribution < 1.29 is 23.1 Å². The number of hydrogen-bond donors (Lipinski definition) is 2. The number of aromatic carboxylic acids is 1. The molecule has 0 saturated heterocycles. The third-order valence-corrected chi connectivity index (χ3v) is 4.54. The number of carboxylic acids is 1. The van der Waals surface area contributed by atoms with Crippen molar-refractivity contribution in [1.82, 2.24) is 0 Å². The Bertz CT molecular complexity index is 575. The second-order valence-electron chi connectivity index (χ2n) is 6.05. The zero-order valence-electron chi connectivity index (χ0n) is 11.3. The lowest BCUT2D eigenvalue weighted by molar-refractivity contribution is -0.137. The Hall–Kier alpha value is -1.72. The van der Waals surface area contributed by atoms with Gasteiger partial charge in [-0.05, 0) is 55.2 Å². The molecule has 2 aliphatic carbocycles. The maximum atomic E-state index is 12.6. The van der Waals surface area contributed by atoms with Crippen LogP contribution in [0.4, 0.5) is 18.9 Å². The zero-order valence-corrected chi connectivity index (χ0v) is 11.3. The molecule has 0 atom stereocenters. The fourth-order valence-electron chi connectivity index (χ4n) is 2.91. The number of nitrogens with one attached hydrogen (secondary N) is 1. The first-order chi connectivity index (χ1) is 9.82. The molecule has 0 aliphatic heterocycles. The summed E-state index contributed by atoms with van der Waals surface area (Å²) in [6.45, 7) is 0.642. The van der Waals surface area contributed by atoms with E-state index in [4.69, 9.17) is 5.11 Å². The summed E-state index contributed by atoms with van der Waals surface area (Å²) in [7, 11) is 0. The van der Waals surface area contributed by atoms with Gasteiger partial charge in [0.15, 0.2) is 0 Å². The van der Waals surface area contributed by atoms with Crippen LogP contribution >= 0.6 is 0 Å². The van der Waals surface area contributed by atoms with Crippen LogP contribution in [0.5, 0.6) is 0 Å². The Kier molecular flexibility index (Phi) is 3.15. The number of carboxylic acid groups (broad SMARTS) is 1. The fraction of sp³-hybridized carbons (Fsp3) is 0.533. The number of carbonyl (C=O) groups is 1. The standard InChI is InChI=1S/C15H16F3NO2/c16-15(17,18)10-3-4-12(11(7-10)13(20)21)19-8-14(5-6-14)9-1-2-9/h3-4,7,9,19H,1-2,5-6,8H2,(H,20,21). The molecule has 2 saturated carbocycles. The number of halogens is 3. The summed E-state index contributed by atoms with van der Waals surface area (Å²) in [5.41, 5.74) is -0.744. The quantitative estimate of drug-likeness (QED) is 0.863. The summed E-state index contributed by atoms with van der Waals surface area (Å²) in [6, 6.07) is 2.84. The van der Waals surface area contributed by atoms with Gasteiger partial charge in [0.2, 0.25) is 0 Å². The average molecular weight is 299 g/mol. The number of anilines is 1. The lowest BCUT2D eigenvalue weighted by Crippen LogP contribution is -2.19. The monoisotopic (exact) mass is 299 g/mol.